The summed E-state index contributed by atoms with van der Waals surface area (Å²) in [6.45, 7) is 0.893. The molecule has 5 rings (SSSR count). The highest BCUT2D eigenvalue weighted by Crippen LogP contribution is 2.55. The van der Waals surface area contributed by atoms with E-state index in [2.05, 4.69) is 0 Å². The van der Waals surface area contributed by atoms with E-state index in [1.807, 2.05) is 12.2 Å². The van der Waals surface area contributed by atoms with Gasteiger partial charge in [-0.2, -0.15) is 0 Å². The molecule has 2 bridgehead atoms. The number of halogens is 1. The summed E-state index contributed by atoms with van der Waals surface area (Å²) in [6.07, 6.45) is 2.53. The lowest BCUT2D eigenvalue weighted by Crippen LogP contribution is -2.49. The smallest absolute Gasteiger partial charge is 0.241 e. The van der Waals surface area contributed by atoms with Gasteiger partial charge in [0.25, 0.3) is 0 Å². The van der Waals surface area contributed by atoms with Crippen LogP contribution in [0.5, 0.6) is 0 Å². The third kappa shape index (κ3) is 1.66. The van der Waals surface area contributed by atoms with Crippen molar-refractivity contribution in [3.8, 4) is 0 Å². The van der Waals surface area contributed by atoms with Crippen LogP contribution in [-0.2, 0) is 23.8 Å². The van der Waals surface area contributed by atoms with E-state index in [0.717, 1.165) is 0 Å². The molecular formula is C17H14ClNO5. The maximum atomic E-state index is 13.1. The first-order chi connectivity index (χ1) is 11.6. The van der Waals surface area contributed by atoms with Gasteiger partial charge in [0.15, 0.2) is 11.9 Å². The first kappa shape index (κ1) is 14.6. The number of amides is 2. The SMILES string of the molecule is O=C1[C@@H]2[C@H]3C=C[C@@](C4OCCO4)(O3)[C@H]2C(=O)N1c1ccccc1Cl. The molecule has 0 aliphatic carbocycles. The van der Waals surface area contributed by atoms with Crippen molar-refractivity contribution in [2.45, 2.75) is 18.0 Å². The van der Waals surface area contributed by atoms with Crippen molar-refractivity contribution in [3.05, 3.63) is 41.4 Å². The topological polar surface area (TPSA) is 65.1 Å². The van der Waals surface area contributed by atoms with Crippen LogP contribution in [0.15, 0.2) is 36.4 Å². The number of fused-ring (bicyclic) bond motifs is 5. The van der Waals surface area contributed by atoms with E-state index < -0.39 is 29.8 Å². The number of nitrogens with zero attached hydrogens (tertiary/aromatic N) is 1. The fourth-order valence-corrected chi connectivity index (χ4v) is 4.42. The summed E-state index contributed by atoms with van der Waals surface area (Å²) in [6, 6.07) is 6.84. The lowest BCUT2D eigenvalue weighted by atomic mass is 9.76. The highest BCUT2D eigenvalue weighted by molar-refractivity contribution is 6.36. The molecule has 1 aromatic carbocycles. The Kier molecular flexibility index (Phi) is 2.98. The Balaban J connectivity index is 1.59. The normalized spacial score (nSPS) is 37.7. The van der Waals surface area contributed by atoms with E-state index >= 15 is 0 Å². The van der Waals surface area contributed by atoms with Crippen molar-refractivity contribution in [2.24, 2.45) is 11.8 Å². The van der Waals surface area contributed by atoms with E-state index in [1.54, 1.807) is 24.3 Å². The Bertz CT molecular complexity index is 774. The summed E-state index contributed by atoms with van der Waals surface area (Å²) in [4.78, 5) is 27.3. The highest BCUT2D eigenvalue weighted by atomic mass is 35.5. The number of hydrogen-bond acceptors (Lipinski definition) is 5. The van der Waals surface area contributed by atoms with Crippen molar-refractivity contribution in [2.75, 3.05) is 18.1 Å². The fraction of sp³-hybridized carbons (Fsp3) is 0.412. The molecule has 3 saturated heterocycles. The molecule has 4 heterocycles. The van der Waals surface area contributed by atoms with Gasteiger partial charge in [0.05, 0.1) is 41.9 Å². The maximum Gasteiger partial charge on any atom is 0.241 e. The second-order valence-corrected chi connectivity index (χ2v) is 6.74. The zero-order valence-corrected chi connectivity index (χ0v) is 13.3. The molecule has 3 fully saturated rings. The van der Waals surface area contributed by atoms with Crippen molar-refractivity contribution < 1.29 is 23.8 Å². The van der Waals surface area contributed by atoms with Gasteiger partial charge in [-0.25, -0.2) is 4.90 Å². The summed E-state index contributed by atoms with van der Waals surface area (Å²) in [7, 11) is 0. The number of anilines is 1. The maximum absolute atomic E-state index is 13.1. The highest BCUT2D eigenvalue weighted by Gasteiger charge is 2.71. The second-order valence-electron chi connectivity index (χ2n) is 6.34. The zero-order chi connectivity index (χ0) is 16.5. The molecule has 0 unspecified atom stereocenters. The molecule has 0 N–H and O–H groups in total. The summed E-state index contributed by atoms with van der Waals surface area (Å²) in [5, 5.41) is 0.364. The van der Waals surface area contributed by atoms with Crippen LogP contribution in [0.3, 0.4) is 0 Å². The Morgan fingerprint density at radius 2 is 1.88 bits per heavy atom. The van der Waals surface area contributed by atoms with Crippen molar-refractivity contribution in [3.63, 3.8) is 0 Å². The fourth-order valence-electron chi connectivity index (χ4n) is 4.20. The van der Waals surface area contributed by atoms with E-state index in [-0.39, 0.29) is 11.8 Å². The van der Waals surface area contributed by atoms with E-state index in [0.29, 0.717) is 23.9 Å². The van der Waals surface area contributed by atoms with Gasteiger partial charge in [0.2, 0.25) is 11.8 Å². The monoisotopic (exact) mass is 347 g/mol. The van der Waals surface area contributed by atoms with Crippen LogP contribution in [0.25, 0.3) is 0 Å². The van der Waals surface area contributed by atoms with Gasteiger partial charge in [-0.05, 0) is 18.2 Å². The molecule has 0 radical (unpaired) electrons. The Morgan fingerprint density at radius 3 is 2.62 bits per heavy atom. The van der Waals surface area contributed by atoms with Gasteiger partial charge >= 0.3 is 0 Å². The largest absolute Gasteiger partial charge is 0.357 e. The number of para-hydroxylation sites is 1. The quantitative estimate of drug-likeness (QED) is 0.599. The van der Waals surface area contributed by atoms with Crippen LogP contribution in [0.1, 0.15) is 0 Å². The van der Waals surface area contributed by atoms with Crippen LogP contribution in [-0.4, -0.2) is 43.0 Å². The molecule has 6 nitrogen and oxygen atoms in total. The van der Waals surface area contributed by atoms with Gasteiger partial charge in [-0.3, -0.25) is 9.59 Å². The predicted molar refractivity (Wildman–Crippen MR) is 83.4 cm³/mol. The minimum absolute atomic E-state index is 0.285. The molecule has 4 atom stereocenters. The molecule has 4 aliphatic heterocycles. The van der Waals surface area contributed by atoms with E-state index in [9.17, 15) is 9.59 Å². The van der Waals surface area contributed by atoms with Crippen LogP contribution in [0, 0.1) is 11.8 Å². The average molecular weight is 348 g/mol. The van der Waals surface area contributed by atoms with Crippen LogP contribution in [0.2, 0.25) is 5.02 Å². The van der Waals surface area contributed by atoms with Crippen molar-refractivity contribution >= 4 is 29.1 Å². The number of rotatable bonds is 2. The summed E-state index contributed by atoms with van der Waals surface area (Å²) in [5.41, 5.74) is -0.624. The first-order valence-corrected chi connectivity index (χ1v) is 8.24. The van der Waals surface area contributed by atoms with Crippen LogP contribution in [0.4, 0.5) is 5.69 Å². The number of hydrogen-bond donors (Lipinski definition) is 0. The summed E-state index contributed by atoms with van der Waals surface area (Å²) < 4.78 is 17.2. The molecule has 2 amide bonds. The third-order valence-electron chi connectivity index (χ3n) is 5.16. The molecule has 4 aliphatic rings. The minimum atomic E-state index is -1.03. The van der Waals surface area contributed by atoms with Crippen LogP contribution < -0.4 is 4.90 Å². The zero-order valence-electron chi connectivity index (χ0n) is 12.6. The lowest BCUT2D eigenvalue weighted by Gasteiger charge is -2.32. The van der Waals surface area contributed by atoms with Gasteiger partial charge in [-0.15, -0.1) is 0 Å². The molecule has 0 spiro atoms. The molecule has 0 saturated carbocycles. The predicted octanol–water partition coefficient (Wildman–Crippen LogP) is 1.53. The number of ether oxygens (including phenoxy) is 3. The average Bonchev–Trinajstić information content (AvgIpc) is 3.33. The van der Waals surface area contributed by atoms with E-state index in [4.69, 9.17) is 25.8 Å². The van der Waals surface area contributed by atoms with Gasteiger partial charge < -0.3 is 14.2 Å². The molecule has 7 heteroatoms. The van der Waals surface area contributed by atoms with Crippen molar-refractivity contribution in [1.29, 1.82) is 0 Å². The number of carbonyl (C=O) groups excluding carboxylic acids is 2. The number of carbonyl (C=O) groups is 2. The minimum Gasteiger partial charge on any atom is -0.357 e. The Hall–Kier alpha value is -1.73. The Labute approximate surface area is 142 Å². The van der Waals surface area contributed by atoms with E-state index in [1.165, 1.54) is 4.90 Å². The lowest BCUT2D eigenvalue weighted by molar-refractivity contribution is -0.180. The standard InChI is InChI=1S/C17H14ClNO5/c18-9-3-1-2-4-10(9)19-14(20)12-11-5-6-17(24-11,13(12)15(19)21)16-22-7-8-23-16/h1-6,11-13,16H,7-8H2/t11-,12-,13-,17-/m1/s1. The third-order valence-corrected chi connectivity index (χ3v) is 5.48. The number of imide groups is 1. The molecule has 124 valence electrons. The van der Waals surface area contributed by atoms with Gasteiger partial charge in [0, 0.05) is 0 Å². The summed E-state index contributed by atoms with van der Waals surface area (Å²) >= 11 is 6.20. The van der Waals surface area contributed by atoms with Crippen molar-refractivity contribution in [1.82, 2.24) is 0 Å². The van der Waals surface area contributed by atoms with Gasteiger partial charge in [0.1, 0.15) is 0 Å². The first-order valence-electron chi connectivity index (χ1n) is 7.86. The van der Waals surface area contributed by atoms with Crippen LogP contribution >= 0.6 is 11.6 Å². The molecule has 0 aromatic heterocycles. The Morgan fingerprint density at radius 1 is 1.12 bits per heavy atom. The summed E-state index contributed by atoms with van der Waals surface area (Å²) in [5.74, 6) is -1.82. The van der Waals surface area contributed by atoms with Gasteiger partial charge in [-0.1, -0.05) is 29.8 Å². The molecular weight excluding hydrogens is 334 g/mol. The molecule has 24 heavy (non-hydrogen) atoms. The number of benzene rings is 1. The second kappa shape index (κ2) is 4.89. The molecule has 1 aromatic rings.